The molecule has 2 heterocycles. The van der Waals surface area contributed by atoms with Crippen molar-refractivity contribution in [3.8, 4) is 0 Å². The van der Waals surface area contributed by atoms with Crippen molar-refractivity contribution in [3.63, 3.8) is 0 Å². The molecule has 2 aliphatic rings. The van der Waals surface area contributed by atoms with E-state index in [4.69, 9.17) is 4.18 Å². The standard InChI is InChI=1S/C20H23NO4S2/c1-13-3-7-16(8-4-13)27(23,24)25-18-9-6-15-11-21(12-17(15)18)20(22)19-10-5-14(2)26-19/h3-5,7-8,10,15,17-18H,6,9,11-12H2,1-2H3. The summed E-state index contributed by atoms with van der Waals surface area (Å²) in [7, 11) is -3.79. The summed E-state index contributed by atoms with van der Waals surface area (Å²) in [6.45, 7) is 5.15. The number of hydrogen-bond donors (Lipinski definition) is 0. The van der Waals surface area contributed by atoms with E-state index in [1.54, 1.807) is 24.3 Å². The van der Waals surface area contributed by atoms with Gasteiger partial charge in [0.15, 0.2) is 0 Å². The Bertz CT molecular complexity index is 949. The average Bonchev–Trinajstić information content (AvgIpc) is 3.32. The van der Waals surface area contributed by atoms with E-state index in [1.807, 2.05) is 30.9 Å². The monoisotopic (exact) mass is 405 g/mol. The molecule has 1 aromatic carbocycles. The van der Waals surface area contributed by atoms with Crippen LogP contribution in [0.2, 0.25) is 0 Å². The number of likely N-dealkylation sites (tertiary alicyclic amines) is 1. The molecule has 2 fully saturated rings. The lowest BCUT2D eigenvalue weighted by Gasteiger charge is -2.20. The number of thiophene rings is 1. The van der Waals surface area contributed by atoms with Crippen molar-refractivity contribution < 1.29 is 17.4 Å². The summed E-state index contributed by atoms with van der Waals surface area (Å²) in [5, 5.41) is 0. The lowest BCUT2D eigenvalue weighted by Crippen LogP contribution is -2.32. The van der Waals surface area contributed by atoms with Crippen LogP contribution in [0.4, 0.5) is 0 Å². The first-order chi connectivity index (χ1) is 12.8. The fraction of sp³-hybridized carbons (Fsp3) is 0.450. The van der Waals surface area contributed by atoms with E-state index in [2.05, 4.69) is 0 Å². The Morgan fingerprint density at radius 2 is 1.81 bits per heavy atom. The van der Waals surface area contributed by atoms with Crippen LogP contribution in [0.5, 0.6) is 0 Å². The van der Waals surface area contributed by atoms with Crippen molar-refractivity contribution in [2.75, 3.05) is 13.1 Å². The van der Waals surface area contributed by atoms with Gasteiger partial charge < -0.3 is 4.90 Å². The van der Waals surface area contributed by atoms with Crippen LogP contribution in [0.1, 0.15) is 33.0 Å². The summed E-state index contributed by atoms with van der Waals surface area (Å²) in [5.41, 5.74) is 1.00. The van der Waals surface area contributed by atoms with Crippen LogP contribution in [0.3, 0.4) is 0 Å². The number of hydrogen-bond acceptors (Lipinski definition) is 5. The van der Waals surface area contributed by atoms with Gasteiger partial charge in [-0.1, -0.05) is 17.7 Å². The van der Waals surface area contributed by atoms with Crippen LogP contribution >= 0.6 is 11.3 Å². The number of carbonyl (C=O) groups excluding carboxylic acids is 1. The molecule has 5 nitrogen and oxygen atoms in total. The first-order valence-electron chi connectivity index (χ1n) is 9.19. The van der Waals surface area contributed by atoms with Gasteiger partial charge in [0.1, 0.15) is 0 Å². The molecule has 3 unspecified atom stereocenters. The van der Waals surface area contributed by atoms with Crippen LogP contribution < -0.4 is 0 Å². The van der Waals surface area contributed by atoms with Crippen molar-refractivity contribution in [1.82, 2.24) is 4.90 Å². The molecule has 1 amide bonds. The minimum atomic E-state index is -3.79. The fourth-order valence-electron chi connectivity index (χ4n) is 4.13. The van der Waals surface area contributed by atoms with Crippen LogP contribution in [0.25, 0.3) is 0 Å². The quantitative estimate of drug-likeness (QED) is 0.729. The van der Waals surface area contributed by atoms with Crippen molar-refractivity contribution in [2.24, 2.45) is 11.8 Å². The third kappa shape index (κ3) is 3.68. The molecule has 0 N–H and O–H groups in total. The predicted octanol–water partition coefficient (Wildman–Crippen LogP) is 3.62. The van der Waals surface area contributed by atoms with Gasteiger partial charge in [0.05, 0.1) is 15.9 Å². The van der Waals surface area contributed by atoms with E-state index in [1.165, 1.54) is 11.3 Å². The number of rotatable bonds is 4. The van der Waals surface area contributed by atoms with E-state index in [-0.39, 0.29) is 22.8 Å². The maximum Gasteiger partial charge on any atom is 0.297 e. The van der Waals surface area contributed by atoms with Gasteiger partial charge >= 0.3 is 0 Å². The highest BCUT2D eigenvalue weighted by Gasteiger charge is 2.46. The van der Waals surface area contributed by atoms with Crippen LogP contribution in [-0.4, -0.2) is 38.4 Å². The first-order valence-corrected chi connectivity index (χ1v) is 11.4. The summed E-state index contributed by atoms with van der Waals surface area (Å²) in [6.07, 6.45) is 1.26. The summed E-state index contributed by atoms with van der Waals surface area (Å²) in [6, 6.07) is 10.5. The second-order valence-electron chi connectivity index (χ2n) is 7.52. The van der Waals surface area contributed by atoms with Gasteiger partial charge in [-0.05, 0) is 56.9 Å². The lowest BCUT2D eigenvalue weighted by atomic mass is 10.00. The fourth-order valence-corrected chi connectivity index (χ4v) is 6.11. The summed E-state index contributed by atoms with van der Waals surface area (Å²) in [5.74, 6) is 0.436. The van der Waals surface area contributed by atoms with E-state index >= 15 is 0 Å². The zero-order chi connectivity index (χ0) is 19.2. The Morgan fingerprint density at radius 1 is 1.07 bits per heavy atom. The molecule has 27 heavy (non-hydrogen) atoms. The molecule has 0 radical (unpaired) electrons. The molecule has 7 heteroatoms. The third-order valence-corrected chi connectivity index (χ3v) is 7.93. The van der Waals surface area contributed by atoms with E-state index in [0.717, 1.165) is 28.2 Å². The Labute approximate surface area is 164 Å². The maximum absolute atomic E-state index is 12.7. The zero-order valence-electron chi connectivity index (χ0n) is 15.4. The molecule has 4 rings (SSSR count). The molecule has 1 saturated carbocycles. The van der Waals surface area contributed by atoms with Gasteiger partial charge in [-0.25, -0.2) is 0 Å². The van der Waals surface area contributed by atoms with Crippen LogP contribution in [0, 0.1) is 25.7 Å². The van der Waals surface area contributed by atoms with Gasteiger partial charge in [0.25, 0.3) is 16.0 Å². The molecule has 1 aromatic heterocycles. The Balaban J connectivity index is 1.46. The smallest absolute Gasteiger partial charge is 0.297 e. The van der Waals surface area contributed by atoms with Crippen LogP contribution in [-0.2, 0) is 14.3 Å². The first kappa shape index (κ1) is 18.7. The van der Waals surface area contributed by atoms with Crippen LogP contribution in [0.15, 0.2) is 41.3 Å². The molecule has 0 bridgehead atoms. The number of fused-ring (bicyclic) bond motifs is 1. The number of nitrogens with zero attached hydrogens (tertiary/aromatic N) is 1. The third-order valence-electron chi connectivity index (χ3n) is 5.59. The van der Waals surface area contributed by atoms with E-state index in [0.29, 0.717) is 19.0 Å². The zero-order valence-corrected chi connectivity index (χ0v) is 17.1. The predicted molar refractivity (Wildman–Crippen MR) is 104 cm³/mol. The molecule has 1 aliphatic heterocycles. The molecular formula is C20H23NO4S2. The minimum absolute atomic E-state index is 0.0441. The van der Waals surface area contributed by atoms with Gasteiger partial charge in [0.2, 0.25) is 0 Å². The SMILES string of the molecule is Cc1ccc(S(=O)(=O)OC2CCC3CN(C(=O)c4ccc(C)s4)CC32)cc1. The van der Waals surface area contributed by atoms with Gasteiger partial charge in [-0.15, -0.1) is 11.3 Å². The van der Waals surface area contributed by atoms with Crippen molar-refractivity contribution >= 4 is 27.4 Å². The van der Waals surface area contributed by atoms with Crippen molar-refractivity contribution in [1.29, 1.82) is 0 Å². The average molecular weight is 406 g/mol. The Morgan fingerprint density at radius 3 is 2.48 bits per heavy atom. The minimum Gasteiger partial charge on any atom is -0.337 e. The maximum atomic E-state index is 12.7. The van der Waals surface area contributed by atoms with Gasteiger partial charge in [-0.3, -0.25) is 8.98 Å². The highest BCUT2D eigenvalue weighted by molar-refractivity contribution is 7.86. The molecule has 144 valence electrons. The molecule has 0 spiro atoms. The highest BCUT2D eigenvalue weighted by Crippen LogP contribution is 2.41. The number of benzene rings is 1. The number of aryl methyl sites for hydroxylation is 2. The Kier molecular flexibility index (Phi) is 4.86. The molecule has 2 aromatic rings. The molecular weight excluding hydrogens is 382 g/mol. The second-order valence-corrected chi connectivity index (χ2v) is 10.4. The highest BCUT2D eigenvalue weighted by atomic mass is 32.2. The molecule has 3 atom stereocenters. The topological polar surface area (TPSA) is 63.7 Å². The Hall–Kier alpha value is -1.70. The van der Waals surface area contributed by atoms with Crippen molar-refractivity contribution in [2.45, 2.75) is 37.7 Å². The van der Waals surface area contributed by atoms with Gasteiger partial charge in [-0.2, -0.15) is 8.42 Å². The second kappa shape index (κ2) is 7.04. The van der Waals surface area contributed by atoms with E-state index in [9.17, 15) is 13.2 Å². The summed E-state index contributed by atoms with van der Waals surface area (Å²) >= 11 is 1.50. The van der Waals surface area contributed by atoms with Crippen molar-refractivity contribution in [3.05, 3.63) is 51.7 Å². The summed E-state index contributed by atoms with van der Waals surface area (Å²) in [4.78, 5) is 16.6. The van der Waals surface area contributed by atoms with Gasteiger partial charge in [0, 0.05) is 23.9 Å². The summed E-state index contributed by atoms with van der Waals surface area (Å²) < 4.78 is 30.9. The normalized spacial score (nSPS) is 25.0. The molecule has 1 saturated heterocycles. The molecule has 1 aliphatic carbocycles. The lowest BCUT2D eigenvalue weighted by molar-refractivity contribution is 0.0769. The van der Waals surface area contributed by atoms with E-state index < -0.39 is 10.1 Å². The number of carbonyl (C=O) groups is 1. The largest absolute Gasteiger partial charge is 0.337 e. The number of amides is 1.